The first-order valence-electron chi connectivity index (χ1n) is 13.4. The number of benzene rings is 1. The first-order chi connectivity index (χ1) is 16.2. The van der Waals surface area contributed by atoms with E-state index in [9.17, 15) is 4.79 Å². The summed E-state index contributed by atoms with van der Waals surface area (Å²) < 4.78 is 5.27. The van der Waals surface area contributed by atoms with E-state index in [1.165, 1.54) is 50.5 Å². The Morgan fingerprint density at radius 2 is 1.88 bits per heavy atom. The van der Waals surface area contributed by atoms with Crippen LogP contribution < -0.4 is 10.6 Å². The van der Waals surface area contributed by atoms with Gasteiger partial charge in [-0.05, 0) is 62.5 Å². The van der Waals surface area contributed by atoms with Crippen molar-refractivity contribution in [1.82, 2.24) is 15.5 Å². The molecular weight excluding hydrogens is 410 g/mol. The number of amides is 2. The van der Waals surface area contributed by atoms with Crippen LogP contribution in [0, 0.1) is 11.8 Å². The molecule has 2 fully saturated rings. The van der Waals surface area contributed by atoms with E-state index in [0.717, 1.165) is 57.8 Å². The third-order valence-corrected chi connectivity index (χ3v) is 7.78. The molecule has 2 aliphatic rings. The topological polar surface area (TPSA) is 53.6 Å². The van der Waals surface area contributed by atoms with E-state index >= 15 is 0 Å². The smallest absolute Gasteiger partial charge is 0.317 e. The summed E-state index contributed by atoms with van der Waals surface area (Å²) in [5.74, 6) is 1.80. The number of likely N-dealkylation sites (tertiary alicyclic amines) is 1. The molecule has 0 aromatic heterocycles. The normalized spacial score (nSPS) is 21.5. The number of methoxy groups -OCH3 is 1. The van der Waals surface area contributed by atoms with Gasteiger partial charge in [0.2, 0.25) is 0 Å². The number of piperidine rings is 1. The van der Waals surface area contributed by atoms with Crippen LogP contribution in [0.5, 0.6) is 0 Å². The van der Waals surface area contributed by atoms with Crippen molar-refractivity contribution in [3.05, 3.63) is 35.9 Å². The van der Waals surface area contributed by atoms with Crippen LogP contribution in [0.3, 0.4) is 0 Å². The summed E-state index contributed by atoms with van der Waals surface area (Å²) in [4.78, 5) is 15.4. The fraction of sp³-hybridized carbons (Fsp3) is 0.750. The van der Waals surface area contributed by atoms with E-state index in [1.807, 2.05) is 7.05 Å². The molecule has 5 nitrogen and oxygen atoms in total. The molecule has 1 saturated carbocycles. The lowest BCUT2D eigenvalue weighted by Gasteiger charge is -2.38. The van der Waals surface area contributed by atoms with E-state index in [2.05, 4.69) is 45.9 Å². The van der Waals surface area contributed by atoms with Gasteiger partial charge in [-0.25, -0.2) is 4.79 Å². The van der Waals surface area contributed by atoms with Crippen LogP contribution in [0.25, 0.3) is 0 Å². The summed E-state index contributed by atoms with van der Waals surface area (Å²) in [5.41, 5.74) is 1.42. The molecule has 186 valence electrons. The first kappa shape index (κ1) is 26.0. The van der Waals surface area contributed by atoms with Crippen molar-refractivity contribution in [1.29, 1.82) is 0 Å². The second-order valence-electron chi connectivity index (χ2n) is 10.3. The number of hydrogen-bond donors (Lipinski definition) is 2. The van der Waals surface area contributed by atoms with E-state index in [4.69, 9.17) is 4.74 Å². The van der Waals surface area contributed by atoms with Crippen molar-refractivity contribution < 1.29 is 9.53 Å². The average Bonchev–Trinajstić information content (AvgIpc) is 2.85. The van der Waals surface area contributed by atoms with Gasteiger partial charge in [0.05, 0.1) is 0 Å². The maximum atomic E-state index is 13.3. The average molecular weight is 458 g/mol. The van der Waals surface area contributed by atoms with Crippen LogP contribution in [0.4, 0.5) is 4.79 Å². The predicted octanol–water partition coefficient (Wildman–Crippen LogP) is 5.57. The molecular formula is C28H47N3O2. The lowest BCUT2D eigenvalue weighted by atomic mass is 9.78. The van der Waals surface area contributed by atoms with Gasteiger partial charge in [-0.3, -0.25) is 0 Å². The summed E-state index contributed by atoms with van der Waals surface area (Å²) in [6.07, 6.45) is 13.6. The number of nitrogens with zero attached hydrogens (tertiary/aromatic N) is 1. The predicted molar refractivity (Wildman–Crippen MR) is 137 cm³/mol. The molecule has 2 N–H and O–H groups in total. The number of hydrogen-bond acceptors (Lipinski definition) is 3. The standard InChI is InChI=1S/C28H47N3O2/c1-29-21-26(20-23-12-5-3-6-13-23)30-28(32)31-18-11-16-25(22-31)27(17-9-10-19-33-2)24-14-7-4-8-15-24/h4,7-8,14-15,23,25-27,29H,3,5-6,9-13,16-22H2,1-2H3,(H,30,32)/t25-,26?,27+/m1/s1. The van der Waals surface area contributed by atoms with Gasteiger partial charge in [-0.15, -0.1) is 0 Å². The second-order valence-corrected chi connectivity index (χ2v) is 10.3. The second kappa shape index (κ2) is 14.6. The molecule has 3 rings (SSSR count). The Morgan fingerprint density at radius 1 is 1.09 bits per heavy atom. The van der Waals surface area contributed by atoms with E-state index in [-0.39, 0.29) is 12.1 Å². The Morgan fingerprint density at radius 3 is 2.61 bits per heavy atom. The van der Waals surface area contributed by atoms with Crippen molar-refractivity contribution in [2.75, 3.05) is 40.4 Å². The molecule has 1 aliphatic heterocycles. The van der Waals surface area contributed by atoms with Gasteiger partial charge >= 0.3 is 6.03 Å². The number of likely N-dealkylation sites (N-methyl/N-ethyl adjacent to an activating group) is 1. The van der Waals surface area contributed by atoms with Crippen molar-refractivity contribution in [2.45, 2.75) is 82.6 Å². The van der Waals surface area contributed by atoms with Crippen molar-refractivity contribution in [2.24, 2.45) is 11.8 Å². The minimum absolute atomic E-state index is 0.141. The highest BCUT2D eigenvalue weighted by Crippen LogP contribution is 2.35. The minimum atomic E-state index is 0.141. The molecule has 3 atom stereocenters. The molecule has 1 unspecified atom stereocenters. The van der Waals surface area contributed by atoms with Crippen LogP contribution in [0.15, 0.2) is 30.3 Å². The molecule has 0 spiro atoms. The number of urea groups is 1. The maximum absolute atomic E-state index is 13.3. The highest BCUT2D eigenvalue weighted by atomic mass is 16.5. The molecule has 0 radical (unpaired) electrons. The van der Waals surface area contributed by atoms with Gasteiger partial charge < -0.3 is 20.3 Å². The molecule has 5 heteroatoms. The summed E-state index contributed by atoms with van der Waals surface area (Å²) in [6, 6.07) is 11.3. The molecule has 1 aromatic carbocycles. The molecule has 1 heterocycles. The zero-order valence-electron chi connectivity index (χ0n) is 21.1. The van der Waals surface area contributed by atoms with Crippen LogP contribution in [0.1, 0.15) is 82.1 Å². The summed E-state index contributed by atoms with van der Waals surface area (Å²) in [7, 11) is 3.77. The van der Waals surface area contributed by atoms with Gasteiger partial charge in [-0.1, -0.05) is 68.9 Å². The first-order valence-corrected chi connectivity index (χ1v) is 13.4. The Hall–Kier alpha value is -1.59. The number of nitrogens with one attached hydrogen (secondary N) is 2. The third-order valence-electron chi connectivity index (χ3n) is 7.78. The quantitative estimate of drug-likeness (QED) is 0.404. The molecule has 33 heavy (non-hydrogen) atoms. The van der Waals surface area contributed by atoms with Crippen LogP contribution in [-0.4, -0.2) is 57.4 Å². The molecule has 2 amide bonds. The van der Waals surface area contributed by atoms with Crippen LogP contribution in [-0.2, 0) is 4.74 Å². The van der Waals surface area contributed by atoms with E-state index < -0.39 is 0 Å². The Labute approximate surface area is 202 Å². The number of ether oxygens (including phenoxy) is 1. The molecule has 1 aliphatic carbocycles. The van der Waals surface area contributed by atoms with Gasteiger partial charge in [0, 0.05) is 39.4 Å². The zero-order chi connectivity index (χ0) is 23.3. The Bertz CT molecular complexity index is 662. The van der Waals surface area contributed by atoms with Gasteiger partial charge in [0.1, 0.15) is 0 Å². The highest BCUT2D eigenvalue weighted by Gasteiger charge is 2.31. The lowest BCUT2D eigenvalue weighted by molar-refractivity contribution is 0.147. The SMILES string of the molecule is CNCC(CC1CCCCC1)NC(=O)N1CCC[C@@H]([C@@H](CCCCOC)c2ccccc2)C1. The van der Waals surface area contributed by atoms with E-state index in [0.29, 0.717) is 11.8 Å². The lowest BCUT2D eigenvalue weighted by Crippen LogP contribution is -2.51. The number of carbonyl (C=O) groups excluding carboxylic acids is 1. The van der Waals surface area contributed by atoms with Crippen LogP contribution >= 0.6 is 0 Å². The fourth-order valence-corrected chi connectivity index (χ4v) is 6.04. The number of rotatable bonds is 12. The van der Waals surface area contributed by atoms with Gasteiger partial charge in [-0.2, -0.15) is 0 Å². The fourth-order valence-electron chi connectivity index (χ4n) is 6.04. The van der Waals surface area contributed by atoms with Crippen molar-refractivity contribution >= 4 is 6.03 Å². The summed E-state index contributed by atoms with van der Waals surface area (Å²) in [5, 5.41) is 6.71. The third kappa shape index (κ3) is 8.60. The van der Waals surface area contributed by atoms with Gasteiger partial charge in [0.15, 0.2) is 0 Å². The molecule has 1 aromatic rings. The number of unbranched alkanes of at least 4 members (excludes halogenated alkanes) is 1. The molecule has 0 bridgehead atoms. The summed E-state index contributed by atoms with van der Waals surface area (Å²) in [6.45, 7) is 3.43. The highest BCUT2D eigenvalue weighted by molar-refractivity contribution is 5.74. The van der Waals surface area contributed by atoms with Crippen molar-refractivity contribution in [3.63, 3.8) is 0 Å². The van der Waals surface area contributed by atoms with E-state index in [1.54, 1.807) is 7.11 Å². The monoisotopic (exact) mass is 457 g/mol. The summed E-state index contributed by atoms with van der Waals surface area (Å²) >= 11 is 0. The zero-order valence-corrected chi connectivity index (χ0v) is 21.1. The minimum Gasteiger partial charge on any atom is -0.385 e. The number of carbonyl (C=O) groups is 1. The van der Waals surface area contributed by atoms with Gasteiger partial charge in [0.25, 0.3) is 0 Å². The molecule has 1 saturated heterocycles. The van der Waals surface area contributed by atoms with Crippen LogP contribution in [0.2, 0.25) is 0 Å². The maximum Gasteiger partial charge on any atom is 0.317 e. The largest absolute Gasteiger partial charge is 0.385 e. The van der Waals surface area contributed by atoms with Crippen molar-refractivity contribution in [3.8, 4) is 0 Å². The Balaban J connectivity index is 1.59. The Kier molecular flexibility index (Phi) is 11.5.